The molecule has 2 fully saturated rings. The summed E-state index contributed by atoms with van der Waals surface area (Å²) in [6, 6.07) is 15.6. The molecule has 2 saturated heterocycles. The number of para-hydroxylation sites is 1. The van der Waals surface area contributed by atoms with Gasteiger partial charge < -0.3 is 24.8 Å². The number of piperidine rings is 1. The second kappa shape index (κ2) is 11.6. The Morgan fingerprint density at radius 1 is 0.917 bits per heavy atom. The van der Waals surface area contributed by atoms with Gasteiger partial charge in [0.25, 0.3) is 5.91 Å². The predicted molar refractivity (Wildman–Crippen MR) is 144 cm³/mol. The fourth-order valence-corrected chi connectivity index (χ4v) is 4.92. The fraction of sp³-hybridized carbons (Fsp3) is 0.464. The van der Waals surface area contributed by atoms with Crippen LogP contribution in [-0.4, -0.2) is 85.1 Å². The number of fused-ring (bicyclic) bond motifs is 1. The summed E-state index contributed by atoms with van der Waals surface area (Å²) in [5.74, 6) is 2.41. The maximum atomic E-state index is 13.0. The zero-order valence-corrected chi connectivity index (χ0v) is 21.2. The summed E-state index contributed by atoms with van der Waals surface area (Å²) in [4.78, 5) is 29.2. The smallest absolute Gasteiger partial charge is 0.254 e. The molecule has 3 heterocycles. The molecule has 5 rings (SSSR count). The molecule has 3 aromatic rings. The van der Waals surface area contributed by atoms with Crippen LogP contribution in [-0.2, 0) is 0 Å². The van der Waals surface area contributed by atoms with E-state index in [0.717, 1.165) is 68.4 Å². The van der Waals surface area contributed by atoms with Crippen LogP contribution in [0.3, 0.4) is 0 Å². The third kappa shape index (κ3) is 5.87. The number of carbonyl (C=O) groups is 1. The van der Waals surface area contributed by atoms with Gasteiger partial charge >= 0.3 is 0 Å². The zero-order chi connectivity index (χ0) is 24.7. The lowest BCUT2D eigenvalue weighted by Crippen LogP contribution is -2.34. The minimum absolute atomic E-state index is 0.0755. The van der Waals surface area contributed by atoms with Gasteiger partial charge in [-0.05, 0) is 69.6 Å². The fourth-order valence-electron chi connectivity index (χ4n) is 4.92. The van der Waals surface area contributed by atoms with Crippen LogP contribution in [0.5, 0.6) is 5.75 Å². The monoisotopic (exact) mass is 488 g/mol. The number of likely N-dealkylation sites (N-methyl/N-ethyl adjacent to an activating group) is 1. The molecule has 36 heavy (non-hydrogen) atoms. The van der Waals surface area contributed by atoms with Gasteiger partial charge in [0.1, 0.15) is 18.2 Å². The minimum Gasteiger partial charge on any atom is -0.492 e. The first-order chi connectivity index (χ1) is 17.7. The van der Waals surface area contributed by atoms with Crippen molar-refractivity contribution in [3.8, 4) is 5.75 Å². The number of nitrogens with one attached hydrogen (secondary N) is 1. The summed E-state index contributed by atoms with van der Waals surface area (Å²) in [5, 5.41) is 4.46. The van der Waals surface area contributed by atoms with E-state index in [1.807, 2.05) is 53.4 Å². The van der Waals surface area contributed by atoms with Crippen LogP contribution in [0.25, 0.3) is 10.9 Å². The van der Waals surface area contributed by atoms with Crippen molar-refractivity contribution in [2.75, 3.05) is 69.7 Å². The Balaban J connectivity index is 1.21. The van der Waals surface area contributed by atoms with Crippen molar-refractivity contribution in [3.05, 3.63) is 54.1 Å². The van der Waals surface area contributed by atoms with E-state index in [9.17, 15) is 4.79 Å². The molecule has 1 aromatic heterocycles. The molecule has 0 bridgehead atoms. The van der Waals surface area contributed by atoms with E-state index in [2.05, 4.69) is 22.2 Å². The van der Waals surface area contributed by atoms with Crippen LogP contribution in [0.15, 0.2) is 48.5 Å². The number of carbonyl (C=O) groups excluding carboxylic acids is 1. The topological polar surface area (TPSA) is 73.8 Å². The van der Waals surface area contributed by atoms with Crippen LogP contribution in [0.4, 0.5) is 11.8 Å². The third-order valence-corrected chi connectivity index (χ3v) is 6.98. The van der Waals surface area contributed by atoms with Crippen molar-refractivity contribution < 1.29 is 9.53 Å². The SMILES string of the molecule is CN1CCCN(C(=O)c2cccc(OCCNc3nc(N4CCCCC4)nc4ccccc34)c2)CC1. The molecule has 2 aromatic carbocycles. The Kier molecular flexibility index (Phi) is 7.81. The first-order valence-electron chi connectivity index (χ1n) is 13.1. The molecular formula is C28H36N6O2. The number of benzene rings is 2. The Morgan fingerprint density at radius 2 is 1.78 bits per heavy atom. The van der Waals surface area contributed by atoms with Crippen molar-refractivity contribution in [2.24, 2.45) is 0 Å². The van der Waals surface area contributed by atoms with Crippen LogP contribution in [0.2, 0.25) is 0 Å². The summed E-state index contributed by atoms with van der Waals surface area (Å²) in [6.07, 6.45) is 4.64. The first-order valence-corrected chi connectivity index (χ1v) is 13.1. The molecule has 8 nitrogen and oxygen atoms in total. The third-order valence-electron chi connectivity index (χ3n) is 6.98. The molecule has 1 N–H and O–H groups in total. The zero-order valence-electron chi connectivity index (χ0n) is 21.2. The van der Waals surface area contributed by atoms with E-state index in [1.165, 1.54) is 19.3 Å². The lowest BCUT2D eigenvalue weighted by molar-refractivity contribution is 0.0762. The largest absolute Gasteiger partial charge is 0.492 e. The minimum atomic E-state index is 0.0755. The molecule has 0 unspecified atom stereocenters. The second-order valence-corrected chi connectivity index (χ2v) is 9.69. The summed E-state index contributed by atoms with van der Waals surface area (Å²) in [5.41, 5.74) is 1.63. The highest BCUT2D eigenvalue weighted by atomic mass is 16.5. The Bertz CT molecular complexity index is 1180. The van der Waals surface area contributed by atoms with Gasteiger partial charge in [0.05, 0.1) is 12.1 Å². The summed E-state index contributed by atoms with van der Waals surface area (Å²) in [6.45, 7) is 6.56. The average Bonchev–Trinajstić information content (AvgIpc) is 3.15. The number of nitrogens with zero attached hydrogens (tertiary/aromatic N) is 5. The maximum absolute atomic E-state index is 13.0. The van der Waals surface area contributed by atoms with Crippen molar-refractivity contribution >= 4 is 28.6 Å². The molecule has 1 amide bonds. The number of anilines is 2. The van der Waals surface area contributed by atoms with Gasteiger partial charge in [-0.3, -0.25) is 4.79 Å². The molecule has 0 atom stereocenters. The highest BCUT2D eigenvalue weighted by Gasteiger charge is 2.19. The molecular weight excluding hydrogens is 452 g/mol. The molecule has 2 aliphatic rings. The van der Waals surface area contributed by atoms with Gasteiger partial charge in [-0.15, -0.1) is 0 Å². The Morgan fingerprint density at radius 3 is 2.67 bits per heavy atom. The standard InChI is InChI=1S/C28H36N6O2/c1-32-14-8-17-33(19-18-32)27(35)22-9-7-10-23(21-22)36-20-13-29-26-24-11-3-4-12-25(24)30-28(31-26)34-15-5-2-6-16-34/h3-4,7,9-12,21H,2,5-6,8,13-20H2,1H3,(H,29,30,31). The summed E-state index contributed by atoms with van der Waals surface area (Å²) < 4.78 is 6.01. The van der Waals surface area contributed by atoms with Crippen LogP contribution >= 0.6 is 0 Å². The Labute approximate surface area is 213 Å². The van der Waals surface area contributed by atoms with Gasteiger partial charge in [0, 0.05) is 43.7 Å². The Hall–Kier alpha value is -3.39. The van der Waals surface area contributed by atoms with Crippen molar-refractivity contribution in [3.63, 3.8) is 0 Å². The van der Waals surface area contributed by atoms with Gasteiger partial charge in [0.2, 0.25) is 5.95 Å². The highest BCUT2D eigenvalue weighted by Crippen LogP contribution is 2.25. The van der Waals surface area contributed by atoms with E-state index in [-0.39, 0.29) is 5.91 Å². The van der Waals surface area contributed by atoms with Crippen LogP contribution in [0, 0.1) is 0 Å². The lowest BCUT2D eigenvalue weighted by Gasteiger charge is -2.27. The highest BCUT2D eigenvalue weighted by molar-refractivity contribution is 5.94. The maximum Gasteiger partial charge on any atom is 0.254 e. The van der Waals surface area contributed by atoms with Gasteiger partial charge in [-0.25, -0.2) is 4.98 Å². The molecule has 190 valence electrons. The quantitative estimate of drug-likeness (QED) is 0.506. The van der Waals surface area contributed by atoms with E-state index in [1.54, 1.807) is 0 Å². The molecule has 2 aliphatic heterocycles. The number of hydrogen-bond donors (Lipinski definition) is 1. The summed E-state index contributed by atoms with van der Waals surface area (Å²) >= 11 is 0. The van der Waals surface area contributed by atoms with Gasteiger partial charge in [0.15, 0.2) is 0 Å². The van der Waals surface area contributed by atoms with E-state index >= 15 is 0 Å². The lowest BCUT2D eigenvalue weighted by atomic mass is 10.1. The van der Waals surface area contributed by atoms with Crippen molar-refractivity contribution in [2.45, 2.75) is 25.7 Å². The second-order valence-electron chi connectivity index (χ2n) is 9.69. The average molecular weight is 489 g/mol. The number of rotatable bonds is 7. The summed E-state index contributed by atoms with van der Waals surface area (Å²) in [7, 11) is 2.11. The van der Waals surface area contributed by atoms with E-state index in [4.69, 9.17) is 14.7 Å². The molecule has 0 spiro atoms. The number of aromatic nitrogens is 2. The number of amides is 1. The van der Waals surface area contributed by atoms with E-state index in [0.29, 0.717) is 24.5 Å². The van der Waals surface area contributed by atoms with Crippen LogP contribution < -0.4 is 15.0 Å². The van der Waals surface area contributed by atoms with E-state index < -0.39 is 0 Å². The number of ether oxygens (including phenoxy) is 1. The first kappa shape index (κ1) is 24.3. The molecule has 0 radical (unpaired) electrons. The van der Waals surface area contributed by atoms with Crippen molar-refractivity contribution in [1.82, 2.24) is 19.8 Å². The molecule has 0 saturated carbocycles. The molecule has 0 aliphatic carbocycles. The number of hydrogen-bond acceptors (Lipinski definition) is 7. The normalized spacial score (nSPS) is 17.1. The van der Waals surface area contributed by atoms with Gasteiger partial charge in [-0.2, -0.15) is 4.98 Å². The van der Waals surface area contributed by atoms with Gasteiger partial charge in [-0.1, -0.05) is 18.2 Å². The van der Waals surface area contributed by atoms with Crippen molar-refractivity contribution in [1.29, 1.82) is 0 Å². The van der Waals surface area contributed by atoms with Crippen LogP contribution in [0.1, 0.15) is 36.0 Å². The predicted octanol–water partition coefficient (Wildman–Crippen LogP) is 3.89. The molecule has 8 heteroatoms.